The Bertz CT molecular complexity index is 1330. The van der Waals surface area contributed by atoms with Crippen LogP contribution in [-0.4, -0.2) is 46.6 Å². The first-order chi connectivity index (χ1) is 17.6. The molecule has 4 aliphatic rings. The van der Waals surface area contributed by atoms with Crippen LogP contribution in [0.3, 0.4) is 0 Å². The summed E-state index contributed by atoms with van der Waals surface area (Å²) >= 11 is 0. The van der Waals surface area contributed by atoms with Gasteiger partial charge in [-0.15, -0.1) is 0 Å². The summed E-state index contributed by atoms with van der Waals surface area (Å²) < 4.78 is 20.7. The predicted octanol–water partition coefficient (Wildman–Crippen LogP) is 4.11. The first-order valence-corrected chi connectivity index (χ1v) is 13.0. The van der Waals surface area contributed by atoms with E-state index in [0.29, 0.717) is 35.8 Å². The maximum Gasteiger partial charge on any atom is 0.324 e. The number of nitrogens with two attached hydrogens (primary N) is 1. The lowest BCUT2D eigenvalue weighted by Crippen LogP contribution is -2.27. The van der Waals surface area contributed by atoms with E-state index in [2.05, 4.69) is 20.2 Å². The summed E-state index contributed by atoms with van der Waals surface area (Å²) in [6, 6.07) is 3.43. The second kappa shape index (κ2) is 8.37. The van der Waals surface area contributed by atoms with E-state index in [1.807, 2.05) is 7.05 Å². The third-order valence-corrected chi connectivity index (χ3v) is 8.45. The van der Waals surface area contributed by atoms with Crippen LogP contribution in [0.15, 0.2) is 24.5 Å². The molecule has 0 bridgehead atoms. The van der Waals surface area contributed by atoms with Crippen LogP contribution in [0.4, 0.5) is 15.9 Å². The highest BCUT2D eigenvalue weighted by Gasteiger charge is 2.44. The molecule has 3 fully saturated rings. The molecule has 1 saturated heterocycles. The minimum Gasteiger partial charge on any atom is -0.421 e. The zero-order valence-corrected chi connectivity index (χ0v) is 20.4. The average Bonchev–Trinajstić information content (AvgIpc) is 3.38. The van der Waals surface area contributed by atoms with Crippen LogP contribution in [-0.2, 0) is 6.42 Å². The van der Waals surface area contributed by atoms with E-state index >= 15 is 0 Å². The molecule has 3 aliphatic carbocycles. The number of nitrogens with zero attached hydrogens (tertiary/aromatic N) is 5. The Morgan fingerprint density at radius 1 is 1.11 bits per heavy atom. The molecule has 2 aromatic heterocycles. The molecule has 0 spiro atoms. The van der Waals surface area contributed by atoms with Crippen molar-refractivity contribution >= 4 is 11.5 Å². The van der Waals surface area contributed by atoms with Gasteiger partial charge >= 0.3 is 6.01 Å². The van der Waals surface area contributed by atoms with Gasteiger partial charge in [0.25, 0.3) is 0 Å². The van der Waals surface area contributed by atoms with Gasteiger partial charge in [0.2, 0.25) is 0 Å². The quantitative estimate of drug-likeness (QED) is 0.419. The molecule has 2 saturated carbocycles. The zero-order valence-electron chi connectivity index (χ0n) is 20.4. The Morgan fingerprint density at radius 2 is 1.94 bits per heavy atom. The summed E-state index contributed by atoms with van der Waals surface area (Å²) in [4.78, 5) is 21.0. The average molecular weight is 488 g/mol. The maximum absolute atomic E-state index is 14.6. The van der Waals surface area contributed by atoms with Gasteiger partial charge in [-0.05, 0) is 73.2 Å². The molecular weight excluding hydrogens is 457 g/mol. The topological polar surface area (TPSA) is 102 Å². The van der Waals surface area contributed by atoms with Crippen LogP contribution in [0.1, 0.15) is 48.7 Å². The summed E-state index contributed by atoms with van der Waals surface area (Å²) in [6.07, 6.45) is 8.69. The summed E-state index contributed by atoms with van der Waals surface area (Å²) in [5.41, 5.74) is 10.5. The van der Waals surface area contributed by atoms with Gasteiger partial charge in [0.1, 0.15) is 17.5 Å². The molecule has 3 atom stereocenters. The van der Waals surface area contributed by atoms with E-state index in [1.165, 1.54) is 12.8 Å². The number of fused-ring (bicyclic) bond motifs is 4. The fourth-order valence-electron chi connectivity index (χ4n) is 6.47. The van der Waals surface area contributed by atoms with Crippen LogP contribution in [0.25, 0.3) is 11.1 Å². The lowest BCUT2D eigenvalue weighted by atomic mass is 9.93. The lowest BCUT2D eigenvalue weighted by Gasteiger charge is -2.23. The molecule has 9 heteroatoms. The minimum atomic E-state index is -0.272. The third-order valence-electron chi connectivity index (χ3n) is 8.45. The Morgan fingerprint density at radius 3 is 2.69 bits per heavy atom. The Labute approximate surface area is 209 Å². The van der Waals surface area contributed by atoms with Crippen molar-refractivity contribution in [2.75, 3.05) is 36.9 Å². The number of aromatic nitrogens is 4. The number of benzene rings is 1. The Balaban J connectivity index is 1.28. The standard InChI is InChI=1S/C27H30FN7O/c1-30-22-7-17(28)6-20-19(22)8-23-24(20)26(35-12-16-5-4-15(9-29)21(16)13-35)34-27(33-23)36-18-10-31-25(32-11-18)14-2-3-14/h6-7,10-11,14-16,21,30H,2-5,8-9,12-13,29H2,1H3. The number of hydrogen-bond acceptors (Lipinski definition) is 8. The number of anilines is 2. The second-order valence-corrected chi connectivity index (χ2v) is 10.6. The van der Waals surface area contributed by atoms with E-state index in [1.54, 1.807) is 24.5 Å². The van der Waals surface area contributed by atoms with Gasteiger partial charge in [0.15, 0.2) is 5.75 Å². The smallest absolute Gasteiger partial charge is 0.324 e. The molecule has 3 aromatic rings. The van der Waals surface area contributed by atoms with Crippen molar-refractivity contribution in [1.82, 2.24) is 19.9 Å². The molecular formula is C27H30FN7O. The molecule has 8 nitrogen and oxygen atoms in total. The van der Waals surface area contributed by atoms with Crippen molar-refractivity contribution in [1.29, 1.82) is 0 Å². The maximum atomic E-state index is 14.6. The van der Waals surface area contributed by atoms with E-state index in [0.717, 1.165) is 72.2 Å². The Hall–Kier alpha value is -3.33. The minimum absolute atomic E-state index is 0.272. The molecule has 3 heterocycles. The largest absolute Gasteiger partial charge is 0.421 e. The van der Waals surface area contributed by atoms with Gasteiger partial charge in [0.05, 0.1) is 18.1 Å². The van der Waals surface area contributed by atoms with Crippen molar-refractivity contribution in [2.24, 2.45) is 23.5 Å². The van der Waals surface area contributed by atoms with Crippen LogP contribution in [0.5, 0.6) is 11.8 Å². The van der Waals surface area contributed by atoms with Crippen molar-refractivity contribution < 1.29 is 9.13 Å². The van der Waals surface area contributed by atoms with E-state index in [9.17, 15) is 4.39 Å². The van der Waals surface area contributed by atoms with Gasteiger partial charge in [-0.2, -0.15) is 9.97 Å². The number of halogens is 1. The van der Waals surface area contributed by atoms with E-state index in [4.69, 9.17) is 20.4 Å². The number of hydrogen-bond donors (Lipinski definition) is 2. The molecule has 7 rings (SSSR count). The lowest BCUT2D eigenvalue weighted by molar-refractivity contribution is 0.385. The van der Waals surface area contributed by atoms with Gasteiger partial charge in [-0.1, -0.05) is 0 Å². The van der Waals surface area contributed by atoms with Gasteiger partial charge in [-0.25, -0.2) is 14.4 Å². The number of rotatable bonds is 6. The van der Waals surface area contributed by atoms with Crippen molar-refractivity contribution in [3.05, 3.63) is 47.4 Å². The highest BCUT2D eigenvalue weighted by atomic mass is 19.1. The molecule has 0 amide bonds. The Kier molecular flexibility index (Phi) is 5.09. The monoisotopic (exact) mass is 487 g/mol. The normalized spacial score (nSPS) is 24.0. The number of ether oxygens (including phenoxy) is 1. The van der Waals surface area contributed by atoms with Gasteiger partial charge in [0, 0.05) is 43.7 Å². The molecule has 3 unspecified atom stereocenters. The molecule has 1 aliphatic heterocycles. The van der Waals surface area contributed by atoms with Crippen LogP contribution >= 0.6 is 0 Å². The fraction of sp³-hybridized carbons (Fsp3) is 0.481. The van der Waals surface area contributed by atoms with E-state index in [-0.39, 0.29) is 11.8 Å². The first kappa shape index (κ1) is 21.9. The first-order valence-electron chi connectivity index (χ1n) is 13.0. The summed E-state index contributed by atoms with van der Waals surface area (Å²) in [7, 11) is 1.82. The van der Waals surface area contributed by atoms with Crippen LogP contribution in [0.2, 0.25) is 0 Å². The summed E-state index contributed by atoms with van der Waals surface area (Å²) in [5, 5.41) is 3.15. The summed E-state index contributed by atoms with van der Waals surface area (Å²) in [5.74, 6) is 4.14. The second-order valence-electron chi connectivity index (χ2n) is 10.6. The van der Waals surface area contributed by atoms with Crippen molar-refractivity contribution in [3.63, 3.8) is 0 Å². The SMILES string of the molecule is CNc1cc(F)cc2c1Cc1nc(Oc3cnc(C4CC4)nc3)nc(N3CC4CCC(CN)C4C3)c1-2. The van der Waals surface area contributed by atoms with Crippen molar-refractivity contribution in [2.45, 2.75) is 38.0 Å². The molecule has 186 valence electrons. The third kappa shape index (κ3) is 3.59. The van der Waals surface area contributed by atoms with Crippen molar-refractivity contribution in [3.8, 4) is 22.9 Å². The molecule has 36 heavy (non-hydrogen) atoms. The molecule has 1 aromatic carbocycles. The van der Waals surface area contributed by atoms with Gasteiger partial charge < -0.3 is 20.7 Å². The molecule has 3 N–H and O–H groups in total. The predicted molar refractivity (Wildman–Crippen MR) is 135 cm³/mol. The zero-order chi connectivity index (χ0) is 24.4. The van der Waals surface area contributed by atoms with Crippen LogP contribution in [0, 0.1) is 23.6 Å². The van der Waals surface area contributed by atoms with Crippen LogP contribution < -0.4 is 20.7 Å². The highest BCUT2D eigenvalue weighted by Crippen LogP contribution is 2.49. The molecule has 0 radical (unpaired) electrons. The fourth-order valence-corrected chi connectivity index (χ4v) is 6.47. The highest BCUT2D eigenvalue weighted by molar-refractivity contribution is 5.88. The van der Waals surface area contributed by atoms with E-state index < -0.39 is 0 Å². The summed E-state index contributed by atoms with van der Waals surface area (Å²) in [6.45, 7) is 2.55. The van der Waals surface area contributed by atoms with Gasteiger partial charge in [-0.3, -0.25) is 0 Å². The number of nitrogens with one attached hydrogen (secondary N) is 1.